The van der Waals surface area contributed by atoms with Gasteiger partial charge in [0, 0.05) is 25.2 Å². The highest BCUT2D eigenvalue weighted by molar-refractivity contribution is 5.25. The van der Waals surface area contributed by atoms with Crippen LogP contribution in [0.25, 0.3) is 0 Å². The van der Waals surface area contributed by atoms with Crippen LogP contribution in [-0.4, -0.2) is 49.6 Å². The highest BCUT2D eigenvalue weighted by Crippen LogP contribution is 2.29. The fraction of sp³-hybridized carbons (Fsp3) is 0.625. The minimum Gasteiger partial charge on any atom is -0.329 e. The summed E-state index contributed by atoms with van der Waals surface area (Å²) in [7, 11) is 4.31. The Balaban J connectivity index is 2.16. The van der Waals surface area contributed by atoms with Crippen LogP contribution in [0.15, 0.2) is 24.3 Å². The average molecular weight is 261 g/mol. The Morgan fingerprint density at radius 2 is 2.21 bits per heavy atom. The summed E-state index contributed by atoms with van der Waals surface area (Å²) < 4.78 is 0. The maximum Gasteiger partial charge on any atom is 0.0474 e. The number of hydrogen-bond donors (Lipinski definition) is 1. The zero-order chi connectivity index (χ0) is 13.8. The zero-order valence-corrected chi connectivity index (χ0v) is 12.5. The number of rotatable bonds is 5. The third-order valence-corrected chi connectivity index (χ3v) is 4.05. The predicted molar refractivity (Wildman–Crippen MR) is 81.3 cm³/mol. The lowest BCUT2D eigenvalue weighted by Crippen LogP contribution is -2.42. The van der Waals surface area contributed by atoms with E-state index in [4.69, 9.17) is 5.73 Å². The third kappa shape index (κ3) is 3.56. The van der Waals surface area contributed by atoms with Gasteiger partial charge in [0.25, 0.3) is 0 Å². The summed E-state index contributed by atoms with van der Waals surface area (Å²) in [6, 6.07) is 9.80. The fourth-order valence-electron chi connectivity index (χ4n) is 3.23. The van der Waals surface area contributed by atoms with Crippen molar-refractivity contribution < 1.29 is 0 Å². The quantitative estimate of drug-likeness (QED) is 0.880. The third-order valence-electron chi connectivity index (χ3n) is 4.05. The summed E-state index contributed by atoms with van der Waals surface area (Å²) in [6.07, 6.45) is 2.58. The Bertz CT molecular complexity index is 403. The lowest BCUT2D eigenvalue weighted by atomic mass is 10.0. The Kier molecular flexibility index (Phi) is 4.97. The van der Waals surface area contributed by atoms with E-state index in [9.17, 15) is 0 Å². The molecule has 0 aliphatic carbocycles. The first-order chi connectivity index (χ1) is 9.11. The molecule has 2 N–H and O–H groups in total. The van der Waals surface area contributed by atoms with Gasteiger partial charge in [0.2, 0.25) is 0 Å². The second kappa shape index (κ2) is 6.51. The van der Waals surface area contributed by atoms with Crippen LogP contribution in [0.2, 0.25) is 0 Å². The SMILES string of the molecule is Cc1cccc(C(CN)N2CCCC2CN(C)C)c1. The number of likely N-dealkylation sites (N-methyl/N-ethyl adjacent to an activating group) is 1. The Morgan fingerprint density at radius 1 is 1.42 bits per heavy atom. The van der Waals surface area contributed by atoms with E-state index in [1.807, 2.05) is 0 Å². The molecule has 1 aromatic carbocycles. The summed E-state index contributed by atoms with van der Waals surface area (Å²) in [5.41, 5.74) is 8.76. The first-order valence-electron chi connectivity index (χ1n) is 7.29. The number of nitrogens with zero attached hydrogens (tertiary/aromatic N) is 2. The maximum absolute atomic E-state index is 6.07. The molecule has 2 atom stereocenters. The van der Waals surface area contributed by atoms with Gasteiger partial charge >= 0.3 is 0 Å². The molecule has 2 rings (SSSR count). The topological polar surface area (TPSA) is 32.5 Å². The van der Waals surface area contributed by atoms with E-state index in [0.29, 0.717) is 18.6 Å². The number of aryl methyl sites for hydroxylation is 1. The second-order valence-electron chi connectivity index (χ2n) is 5.96. The number of hydrogen-bond acceptors (Lipinski definition) is 3. The van der Waals surface area contributed by atoms with Crippen LogP contribution < -0.4 is 5.73 Å². The summed E-state index contributed by atoms with van der Waals surface area (Å²) in [6.45, 7) is 5.16. The molecular weight excluding hydrogens is 234 g/mol. The molecule has 0 spiro atoms. The molecule has 1 aliphatic heterocycles. The van der Waals surface area contributed by atoms with E-state index in [2.05, 4.69) is 55.1 Å². The van der Waals surface area contributed by atoms with Gasteiger partial charge in [-0.2, -0.15) is 0 Å². The Labute approximate surface area is 117 Å². The van der Waals surface area contributed by atoms with Crippen molar-refractivity contribution in [2.24, 2.45) is 5.73 Å². The first-order valence-corrected chi connectivity index (χ1v) is 7.29. The van der Waals surface area contributed by atoms with Gasteiger partial charge < -0.3 is 10.6 Å². The lowest BCUT2D eigenvalue weighted by Gasteiger charge is -2.34. The molecule has 0 saturated carbocycles. The molecule has 3 nitrogen and oxygen atoms in total. The van der Waals surface area contributed by atoms with Crippen LogP contribution >= 0.6 is 0 Å². The lowest BCUT2D eigenvalue weighted by molar-refractivity contribution is 0.156. The summed E-state index contributed by atoms with van der Waals surface area (Å²) in [5, 5.41) is 0. The average Bonchev–Trinajstić information content (AvgIpc) is 2.78. The van der Waals surface area contributed by atoms with Crippen molar-refractivity contribution in [3.8, 4) is 0 Å². The van der Waals surface area contributed by atoms with Crippen molar-refractivity contribution in [2.75, 3.05) is 33.7 Å². The van der Waals surface area contributed by atoms with Crippen molar-refractivity contribution in [3.05, 3.63) is 35.4 Å². The molecule has 1 saturated heterocycles. The number of likely N-dealkylation sites (tertiary alicyclic amines) is 1. The van der Waals surface area contributed by atoms with Crippen LogP contribution in [0.5, 0.6) is 0 Å². The predicted octanol–water partition coefficient (Wildman–Crippen LogP) is 2.02. The van der Waals surface area contributed by atoms with Crippen LogP contribution in [0, 0.1) is 6.92 Å². The molecule has 1 aromatic rings. The van der Waals surface area contributed by atoms with Gasteiger partial charge in [-0.05, 0) is 46.0 Å². The Morgan fingerprint density at radius 3 is 2.84 bits per heavy atom. The van der Waals surface area contributed by atoms with Crippen molar-refractivity contribution in [2.45, 2.75) is 31.8 Å². The van der Waals surface area contributed by atoms with Gasteiger partial charge in [0.15, 0.2) is 0 Å². The van der Waals surface area contributed by atoms with Crippen LogP contribution in [0.4, 0.5) is 0 Å². The van der Waals surface area contributed by atoms with Crippen molar-refractivity contribution >= 4 is 0 Å². The van der Waals surface area contributed by atoms with Crippen molar-refractivity contribution in [3.63, 3.8) is 0 Å². The summed E-state index contributed by atoms with van der Waals surface area (Å²) in [4.78, 5) is 4.89. The molecule has 0 radical (unpaired) electrons. The van der Waals surface area contributed by atoms with E-state index in [1.54, 1.807) is 0 Å². The monoisotopic (exact) mass is 261 g/mol. The van der Waals surface area contributed by atoms with Crippen molar-refractivity contribution in [1.29, 1.82) is 0 Å². The zero-order valence-electron chi connectivity index (χ0n) is 12.5. The van der Waals surface area contributed by atoms with Gasteiger partial charge in [-0.1, -0.05) is 29.8 Å². The largest absolute Gasteiger partial charge is 0.329 e. The number of benzene rings is 1. The normalized spacial score (nSPS) is 22.1. The molecule has 3 heteroatoms. The molecule has 106 valence electrons. The fourth-order valence-corrected chi connectivity index (χ4v) is 3.23. The minimum atomic E-state index is 0.368. The molecule has 2 unspecified atom stereocenters. The molecule has 1 aliphatic rings. The molecular formula is C16H27N3. The van der Waals surface area contributed by atoms with Gasteiger partial charge in [-0.15, -0.1) is 0 Å². The van der Waals surface area contributed by atoms with E-state index in [-0.39, 0.29) is 0 Å². The van der Waals surface area contributed by atoms with E-state index < -0.39 is 0 Å². The van der Waals surface area contributed by atoms with Crippen LogP contribution in [0.1, 0.15) is 30.0 Å². The molecule has 1 heterocycles. The van der Waals surface area contributed by atoms with E-state index in [0.717, 1.165) is 6.54 Å². The number of nitrogens with two attached hydrogens (primary N) is 1. The molecule has 0 bridgehead atoms. The van der Waals surface area contributed by atoms with Gasteiger partial charge in [0.05, 0.1) is 0 Å². The Hall–Kier alpha value is -0.900. The van der Waals surface area contributed by atoms with Gasteiger partial charge in [-0.25, -0.2) is 0 Å². The second-order valence-corrected chi connectivity index (χ2v) is 5.96. The van der Waals surface area contributed by atoms with E-state index >= 15 is 0 Å². The maximum atomic E-state index is 6.07. The van der Waals surface area contributed by atoms with Crippen molar-refractivity contribution in [1.82, 2.24) is 9.80 Å². The summed E-state index contributed by atoms with van der Waals surface area (Å²) >= 11 is 0. The minimum absolute atomic E-state index is 0.368. The van der Waals surface area contributed by atoms with Gasteiger partial charge in [0.1, 0.15) is 0 Å². The molecule has 19 heavy (non-hydrogen) atoms. The van der Waals surface area contributed by atoms with Crippen LogP contribution in [-0.2, 0) is 0 Å². The molecule has 0 amide bonds. The van der Waals surface area contributed by atoms with Gasteiger partial charge in [-0.3, -0.25) is 4.90 Å². The highest BCUT2D eigenvalue weighted by Gasteiger charge is 2.31. The molecule has 0 aromatic heterocycles. The highest BCUT2D eigenvalue weighted by atomic mass is 15.2. The van der Waals surface area contributed by atoms with E-state index in [1.165, 1.54) is 30.5 Å². The smallest absolute Gasteiger partial charge is 0.0474 e. The van der Waals surface area contributed by atoms with Crippen LogP contribution in [0.3, 0.4) is 0 Å². The molecule has 1 fully saturated rings. The first kappa shape index (κ1) is 14.5. The standard InChI is InChI=1S/C16H27N3/c1-13-6-4-7-14(10-13)16(11-17)19-9-5-8-15(19)12-18(2)3/h4,6-7,10,15-16H,5,8-9,11-12,17H2,1-3H3. The summed E-state index contributed by atoms with van der Waals surface area (Å²) in [5.74, 6) is 0.